The highest BCUT2D eigenvalue weighted by Crippen LogP contribution is 2.23. The van der Waals surface area contributed by atoms with Gasteiger partial charge < -0.3 is 10.4 Å². The van der Waals surface area contributed by atoms with Gasteiger partial charge in [-0.1, -0.05) is 12.1 Å². The van der Waals surface area contributed by atoms with Gasteiger partial charge in [-0.25, -0.2) is 13.2 Å². The van der Waals surface area contributed by atoms with E-state index in [0.29, 0.717) is 12.1 Å². The number of hydrogen-bond donors (Lipinski definition) is 3. The predicted molar refractivity (Wildman–Crippen MR) is 81.8 cm³/mol. The third kappa shape index (κ3) is 2.88. The van der Waals surface area contributed by atoms with Crippen LogP contribution in [0.15, 0.2) is 47.4 Å². The van der Waals surface area contributed by atoms with Crippen molar-refractivity contribution >= 4 is 27.6 Å². The Balaban J connectivity index is 1.93. The second-order valence-corrected chi connectivity index (χ2v) is 6.68. The fourth-order valence-electron chi connectivity index (χ4n) is 2.29. The topological polar surface area (TPSA) is 113 Å². The van der Waals surface area contributed by atoms with Crippen LogP contribution in [0.4, 0.5) is 5.69 Å². The first kappa shape index (κ1) is 15.0. The quantitative estimate of drug-likeness (QED) is 0.784. The maximum atomic E-state index is 12.4. The van der Waals surface area contributed by atoms with E-state index in [2.05, 4.69) is 10.0 Å². The first-order valence-electron chi connectivity index (χ1n) is 6.64. The zero-order chi connectivity index (χ0) is 16.6. The van der Waals surface area contributed by atoms with Gasteiger partial charge in [-0.3, -0.25) is 9.52 Å². The van der Waals surface area contributed by atoms with Gasteiger partial charge in [0.2, 0.25) is 0 Å². The number of carbonyl (C=O) groups excluding carboxylic acids is 1. The zero-order valence-corrected chi connectivity index (χ0v) is 12.6. The van der Waals surface area contributed by atoms with E-state index >= 15 is 0 Å². The zero-order valence-electron chi connectivity index (χ0n) is 11.7. The van der Waals surface area contributed by atoms with Crippen molar-refractivity contribution in [1.29, 1.82) is 0 Å². The van der Waals surface area contributed by atoms with E-state index in [4.69, 9.17) is 5.11 Å². The van der Waals surface area contributed by atoms with Crippen LogP contribution in [0.3, 0.4) is 0 Å². The predicted octanol–water partition coefficient (Wildman–Crippen LogP) is 1.43. The second-order valence-electron chi connectivity index (χ2n) is 4.99. The van der Waals surface area contributed by atoms with Crippen molar-refractivity contribution in [2.75, 3.05) is 4.72 Å². The number of nitrogens with one attached hydrogen (secondary N) is 2. The first-order chi connectivity index (χ1) is 10.9. The third-order valence-electron chi connectivity index (χ3n) is 3.44. The lowest BCUT2D eigenvalue weighted by atomic mass is 10.1. The number of fused-ring (bicyclic) bond motifs is 1. The smallest absolute Gasteiger partial charge is 0.335 e. The fourth-order valence-corrected chi connectivity index (χ4v) is 3.38. The molecule has 0 aromatic heterocycles. The molecular formula is C15H12N2O5S. The molecule has 0 atom stereocenters. The SMILES string of the molecule is O=C(O)c1cccc(S(=O)(=O)Nc2ccc3c(c2)C(=O)NC3)c1. The Labute approximate surface area is 132 Å². The monoisotopic (exact) mass is 332 g/mol. The summed E-state index contributed by atoms with van der Waals surface area (Å²) in [5, 5.41) is 11.6. The second kappa shape index (κ2) is 5.40. The standard InChI is InChI=1S/C15H12N2O5S/c18-14-13-7-11(5-4-10(13)8-16-14)17-23(21,22)12-3-1-2-9(6-12)15(19)20/h1-7,17H,8H2,(H,16,18)(H,19,20). The van der Waals surface area contributed by atoms with E-state index in [0.717, 1.165) is 11.6 Å². The lowest BCUT2D eigenvalue weighted by Gasteiger charge is -2.09. The number of carbonyl (C=O) groups is 2. The largest absolute Gasteiger partial charge is 0.478 e. The molecule has 2 aromatic carbocycles. The summed E-state index contributed by atoms with van der Waals surface area (Å²) in [6.45, 7) is 0.419. The molecule has 0 radical (unpaired) electrons. The van der Waals surface area contributed by atoms with Gasteiger partial charge in [0.05, 0.1) is 10.5 Å². The molecule has 3 rings (SSSR count). The summed E-state index contributed by atoms with van der Waals surface area (Å²) in [5.74, 6) is -1.47. The molecule has 0 bridgehead atoms. The van der Waals surface area contributed by atoms with Gasteiger partial charge in [0, 0.05) is 17.8 Å². The lowest BCUT2D eigenvalue weighted by Crippen LogP contribution is -2.15. The molecule has 1 amide bonds. The normalized spacial score (nSPS) is 13.3. The maximum Gasteiger partial charge on any atom is 0.335 e. The molecule has 0 spiro atoms. The van der Waals surface area contributed by atoms with Crippen molar-refractivity contribution in [2.24, 2.45) is 0 Å². The molecule has 1 aliphatic heterocycles. The first-order valence-corrected chi connectivity index (χ1v) is 8.12. The molecule has 0 aliphatic carbocycles. The third-order valence-corrected chi connectivity index (χ3v) is 4.82. The Morgan fingerprint density at radius 1 is 1.17 bits per heavy atom. The summed E-state index contributed by atoms with van der Waals surface area (Å²) < 4.78 is 27.1. The molecule has 0 saturated carbocycles. The van der Waals surface area contributed by atoms with E-state index in [1.807, 2.05) is 0 Å². The molecule has 0 saturated heterocycles. The molecule has 1 aliphatic rings. The number of amides is 1. The number of aromatic carboxylic acids is 1. The van der Waals surface area contributed by atoms with Crippen LogP contribution in [0.25, 0.3) is 0 Å². The van der Waals surface area contributed by atoms with Gasteiger partial charge in [-0.2, -0.15) is 0 Å². The minimum absolute atomic E-state index is 0.124. The highest BCUT2D eigenvalue weighted by Gasteiger charge is 2.21. The fraction of sp³-hybridized carbons (Fsp3) is 0.0667. The van der Waals surface area contributed by atoms with E-state index in [9.17, 15) is 18.0 Å². The number of anilines is 1. The van der Waals surface area contributed by atoms with Crippen molar-refractivity contribution in [1.82, 2.24) is 5.32 Å². The van der Waals surface area contributed by atoms with Gasteiger partial charge >= 0.3 is 5.97 Å². The number of benzene rings is 2. The molecule has 23 heavy (non-hydrogen) atoms. The summed E-state index contributed by atoms with van der Waals surface area (Å²) in [4.78, 5) is 22.4. The summed E-state index contributed by atoms with van der Waals surface area (Å²) in [5.41, 5.74) is 1.33. The van der Waals surface area contributed by atoms with Gasteiger partial charge in [-0.15, -0.1) is 0 Å². The van der Waals surface area contributed by atoms with Gasteiger partial charge in [0.15, 0.2) is 0 Å². The van der Waals surface area contributed by atoms with Crippen LogP contribution in [-0.2, 0) is 16.6 Å². The number of sulfonamides is 1. The Morgan fingerprint density at radius 2 is 1.96 bits per heavy atom. The van der Waals surface area contributed by atoms with Crippen molar-refractivity contribution in [3.8, 4) is 0 Å². The minimum atomic E-state index is -3.95. The summed E-state index contributed by atoms with van der Waals surface area (Å²) in [7, 11) is -3.95. The molecule has 3 N–H and O–H groups in total. The summed E-state index contributed by atoms with van der Waals surface area (Å²) >= 11 is 0. The van der Waals surface area contributed by atoms with E-state index < -0.39 is 16.0 Å². The van der Waals surface area contributed by atoms with Crippen LogP contribution < -0.4 is 10.0 Å². The van der Waals surface area contributed by atoms with Gasteiger partial charge in [0.1, 0.15) is 0 Å². The number of carboxylic acid groups (broad SMARTS) is 1. The van der Waals surface area contributed by atoms with Crippen molar-refractivity contribution in [3.63, 3.8) is 0 Å². The van der Waals surface area contributed by atoms with Crippen molar-refractivity contribution in [2.45, 2.75) is 11.4 Å². The van der Waals surface area contributed by atoms with E-state index in [1.54, 1.807) is 12.1 Å². The molecule has 2 aromatic rings. The molecule has 118 valence electrons. The Kier molecular flexibility index (Phi) is 3.53. The van der Waals surface area contributed by atoms with Crippen LogP contribution >= 0.6 is 0 Å². The number of carboxylic acids is 1. The Bertz CT molecular complexity index is 921. The van der Waals surface area contributed by atoms with Crippen LogP contribution in [0.2, 0.25) is 0 Å². The minimum Gasteiger partial charge on any atom is -0.478 e. The summed E-state index contributed by atoms with van der Waals surface area (Å²) in [6, 6.07) is 9.71. The molecular weight excluding hydrogens is 320 g/mol. The summed E-state index contributed by atoms with van der Waals surface area (Å²) in [6.07, 6.45) is 0. The van der Waals surface area contributed by atoms with Crippen LogP contribution in [0, 0.1) is 0 Å². The van der Waals surface area contributed by atoms with Crippen molar-refractivity contribution < 1.29 is 23.1 Å². The average Bonchev–Trinajstić information content (AvgIpc) is 2.88. The van der Waals surface area contributed by atoms with E-state index in [1.165, 1.54) is 24.3 Å². The average molecular weight is 332 g/mol. The lowest BCUT2D eigenvalue weighted by molar-refractivity contribution is 0.0696. The highest BCUT2D eigenvalue weighted by atomic mass is 32.2. The van der Waals surface area contributed by atoms with Gasteiger partial charge in [0.25, 0.3) is 15.9 Å². The van der Waals surface area contributed by atoms with Crippen LogP contribution in [-0.4, -0.2) is 25.4 Å². The van der Waals surface area contributed by atoms with E-state index in [-0.39, 0.29) is 22.1 Å². The van der Waals surface area contributed by atoms with Crippen LogP contribution in [0.1, 0.15) is 26.3 Å². The highest BCUT2D eigenvalue weighted by molar-refractivity contribution is 7.92. The Morgan fingerprint density at radius 3 is 2.70 bits per heavy atom. The number of hydrogen-bond acceptors (Lipinski definition) is 4. The van der Waals surface area contributed by atoms with Crippen LogP contribution in [0.5, 0.6) is 0 Å². The van der Waals surface area contributed by atoms with Crippen molar-refractivity contribution in [3.05, 3.63) is 59.2 Å². The molecule has 8 heteroatoms. The molecule has 1 heterocycles. The maximum absolute atomic E-state index is 12.4. The number of rotatable bonds is 4. The van der Waals surface area contributed by atoms with Gasteiger partial charge in [-0.05, 0) is 35.9 Å². The molecule has 0 unspecified atom stereocenters. The molecule has 7 nitrogen and oxygen atoms in total. The molecule has 0 fully saturated rings. The Hall–Kier alpha value is -2.87.